The molecule has 0 saturated carbocycles. The van der Waals surface area contributed by atoms with Crippen LogP contribution in [0.3, 0.4) is 0 Å². The van der Waals surface area contributed by atoms with Crippen LogP contribution in [0.1, 0.15) is 50.4 Å². The summed E-state index contributed by atoms with van der Waals surface area (Å²) in [6, 6.07) is 4.82. The van der Waals surface area contributed by atoms with E-state index in [4.69, 9.17) is 4.52 Å². The van der Waals surface area contributed by atoms with Gasteiger partial charge in [-0.1, -0.05) is 46.3 Å². The Labute approximate surface area is 162 Å². The Kier molecular flexibility index (Phi) is 4.74. The van der Waals surface area contributed by atoms with Crippen LogP contribution in [0.25, 0.3) is 10.6 Å². The summed E-state index contributed by atoms with van der Waals surface area (Å²) < 4.78 is 20.3. The van der Waals surface area contributed by atoms with Gasteiger partial charge < -0.3 is 9.42 Å². The molecule has 0 radical (unpaired) electrons. The average molecular weight is 438 g/mol. The van der Waals surface area contributed by atoms with E-state index in [-0.39, 0.29) is 17.8 Å². The van der Waals surface area contributed by atoms with Crippen molar-refractivity contribution in [1.29, 1.82) is 0 Å². The number of hydrogen-bond donors (Lipinski definition) is 0. The highest BCUT2D eigenvalue weighted by atomic mass is 79.9. The molecule has 1 aliphatic rings. The van der Waals surface area contributed by atoms with Crippen molar-refractivity contribution < 1.29 is 8.91 Å². The zero-order valence-electron chi connectivity index (χ0n) is 14.3. The third kappa shape index (κ3) is 3.25. The minimum atomic E-state index is -0.311. The van der Waals surface area contributed by atoms with Crippen molar-refractivity contribution in [2.45, 2.75) is 38.6 Å². The van der Waals surface area contributed by atoms with E-state index < -0.39 is 0 Å². The highest BCUT2D eigenvalue weighted by molar-refractivity contribution is 9.10. The van der Waals surface area contributed by atoms with Gasteiger partial charge in [0.05, 0.1) is 6.04 Å². The van der Waals surface area contributed by atoms with Gasteiger partial charge in [0, 0.05) is 22.5 Å². The Morgan fingerprint density at radius 2 is 2.19 bits per heavy atom. The maximum absolute atomic E-state index is 14.1. The molecule has 1 fully saturated rings. The summed E-state index contributed by atoms with van der Waals surface area (Å²) in [5.41, 5.74) is 0.445. The summed E-state index contributed by atoms with van der Waals surface area (Å²) in [6.45, 7) is 4.88. The van der Waals surface area contributed by atoms with E-state index in [2.05, 4.69) is 41.2 Å². The van der Waals surface area contributed by atoms with E-state index in [0.717, 1.165) is 29.0 Å². The second-order valence-electron chi connectivity index (χ2n) is 6.51. The van der Waals surface area contributed by atoms with Crippen molar-refractivity contribution in [3.8, 4) is 10.6 Å². The summed E-state index contributed by atoms with van der Waals surface area (Å²) in [4.78, 5) is 6.66. The fourth-order valence-electron chi connectivity index (χ4n) is 2.98. The molecule has 1 atom stereocenters. The summed E-state index contributed by atoms with van der Waals surface area (Å²) in [5.74, 6) is 1.20. The number of halogens is 2. The SMILES string of the molecule is CC(C)c1nc(C2CCCN2c2nnc(-c3cc(Br)ccc3F)s2)no1. The van der Waals surface area contributed by atoms with Crippen LogP contribution >= 0.6 is 27.3 Å². The van der Waals surface area contributed by atoms with Crippen LogP contribution in [0.2, 0.25) is 0 Å². The Morgan fingerprint density at radius 3 is 2.96 bits per heavy atom. The zero-order valence-corrected chi connectivity index (χ0v) is 16.7. The molecule has 3 heterocycles. The first-order chi connectivity index (χ1) is 12.5. The number of hydrogen-bond acceptors (Lipinski definition) is 7. The topological polar surface area (TPSA) is 67.9 Å². The van der Waals surface area contributed by atoms with Gasteiger partial charge in [0.1, 0.15) is 5.82 Å². The zero-order chi connectivity index (χ0) is 18.3. The van der Waals surface area contributed by atoms with Gasteiger partial charge >= 0.3 is 0 Å². The molecule has 3 aromatic rings. The van der Waals surface area contributed by atoms with Crippen molar-refractivity contribution in [3.05, 3.63) is 40.2 Å². The first-order valence-corrected chi connectivity index (χ1v) is 10.0. The third-order valence-electron chi connectivity index (χ3n) is 4.32. The number of rotatable bonds is 4. The molecule has 0 N–H and O–H groups in total. The summed E-state index contributed by atoms with van der Waals surface area (Å²) in [6.07, 6.45) is 1.94. The minimum absolute atomic E-state index is 0.0133. The summed E-state index contributed by atoms with van der Waals surface area (Å²) >= 11 is 4.75. The highest BCUT2D eigenvalue weighted by Crippen LogP contribution is 2.39. The molecule has 0 spiro atoms. The predicted molar refractivity (Wildman–Crippen MR) is 101 cm³/mol. The molecule has 0 bridgehead atoms. The molecule has 1 unspecified atom stereocenters. The van der Waals surface area contributed by atoms with Gasteiger partial charge in [0.25, 0.3) is 0 Å². The number of nitrogens with zero attached hydrogens (tertiary/aromatic N) is 5. The van der Waals surface area contributed by atoms with E-state index in [0.29, 0.717) is 22.3 Å². The number of benzene rings is 1. The lowest BCUT2D eigenvalue weighted by Gasteiger charge is -2.20. The van der Waals surface area contributed by atoms with Crippen molar-refractivity contribution in [2.75, 3.05) is 11.4 Å². The van der Waals surface area contributed by atoms with Crippen LogP contribution in [0.4, 0.5) is 9.52 Å². The van der Waals surface area contributed by atoms with Gasteiger partial charge in [0.2, 0.25) is 11.0 Å². The first kappa shape index (κ1) is 17.5. The third-order valence-corrected chi connectivity index (χ3v) is 5.81. The Balaban J connectivity index is 1.62. The summed E-state index contributed by atoms with van der Waals surface area (Å²) in [7, 11) is 0. The monoisotopic (exact) mass is 437 g/mol. The standard InChI is InChI=1S/C17H17BrFN5OS/c1-9(2)15-20-14(23-25-15)13-4-3-7-24(13)17-22-21-16(26-17)11-8-10(18)5-6-12(11)19/h5-6,8-9,13H,3-4,7H2,1-2H3. The maximum atomic E-state index is 14.1. The second-order valence-corrected chi connectivity index (χ2v) is 8.38. The van der Waals surface area contributed by atoms with Crippen molar-refractivity contribution >= 4 is 32.4 Å². The normalized spacial score (nSPS) is 17.4. The van der Waals surface area contributed by atoms with Gasteiger partial charge in [-0.05, 0) is 31.0 Å². The van der Waals surface area contributed by atoms with Crippen LogP contribution in [0, 0.1) is 5.82 Å². The largest absolute Gasteiger partial charge is 0.339 e. The first-order valence-electron chi connectivity index (χ1n) is 8.42. The molecule has 2 aromatic heterocycles. The second kappa shape index (κ2) is 7.03. The smallest absolute Gasteiger partial charge is 0.229 e. The summed E-state index contributed by atoms with van der Waals surface area (Å²) in [5, 5.41) is 13.9. The van der Waals surface area contributed by atoms with Crippen molar-refractivity contribution in [1.82, 2.24) is 20.3 Å². The van der Waals surface area contributed by atoms with Crippen LogP contribution in [0.15, 0.2) is 27.2 Å². The number of anilines is 1. The van der Waals surface area contributed by atoms with Gasteiger partial charge in [-0.3, -0.25) is 0 Å². The lowest BCUT2D eigenvalue weighted by Crippen LogP contribution is -2.23. The molecular formula is C17H17BrFN5OS. The Bertz CT molecular complexity index is 928. The molecule has 9 heteroatoms. The van der Waals surface area contributed by atoms with Crippen molar-refractivity contribution in [2.24, 2.45) is 0 Å². The molecule has 26 heavy (non-hydrogen) atoms. The Hall–Kier alpha value is -1.87. The van der Waals surface area contributed by atoms with Crippen LogP contribution in [-0.2, 0) is 0 Å². The lowest BCUT2D eigenvalue weighted by atomic mass is 10.2. The fraction of sp³-hybridized carbons (Fsp3) is 0.412. The molecule has 4 rings (SSSR count). The Morgan fingerprint density at radius 1 is 1.35 bits per heavy atom. The van der Waals surface area contributed by atoms with Gasteiger partial charge in [-0.25, -0.2) is 4.39 Å². The molecule has 0 amide bonds. The molecule has 6 nitrogen and oxygen atoms in total. The molecular weight excluding hydrogens is 421 g/mol. The van der Waals surface area contributed by atoms with Crippen molar-refractivity contribution in [3.63, 3.8) is 0 Å². The maximum Gasteiger partial charge on any atom is 0.229 e. The fourth-order valence-corrected chi connectivity index (χ4v) is 4.28. The molecule has 1 aromatic carbocycles. The van der Waals surface area contributed by atoms with Crippen LogP contribution in [0.5, 0.6) is 0 Å². The molecule has 0 aliphatic carbocycles. The van der Waals surface area contributed by atoms with E-state index in [1.54, 1.807) is 12.1 Å². The van der Waals surface area contributed by atoms with E-state index in [1.807, 2.05) is 13.8 Å². The minimum Gasteiger partial charge on any atom is -0.339 e. The van der Waals surface area contributed by atoms with E-state index >= 15 is 0 Å². The molecule has 1 saturated heterocycles. The van der Waals surface area contributed by atoms with Crippen LogP contribution in [-0.4, -0.2) is 26.9 Å². The van der Waals surface area contributed by atoms with Gasteiger partial charge in [-0.2, -0.15) is 4.98 Å². The van der Waals surface area contributed by atoms with Gasteiger partial charge in [0.15, 0.2) is 10.8 Å². The predicted octanol–water partition coefficient (Wildman–Crippen LogP) is 4.95. The quantitative estimate of drug-likeness (QED) is 0.574. The van der Waals surface area contributed by atoms with E-state index in [9.17, 15) is 4.39 Å². The van der Waals surface area contributed by atoms with E-state index in [1.165, 1.54) is 17.4 Å². The van der Waals surface area contributed by atoms with Gasteiger partial charge in [-0.15, -0.1) is 10.2 Å². The highest BCUT2D eigenvalue weighted by Gasteiger charge is 2.33. The number of aromatic nitrogens is 4. The lowest BCUT2D eigenvalue weighted by molar-refractivity contribution is 0.358. The molecule has 1 aliphatic heterocycles. The molecule has 136 valence electrons. The average Bonchev–Trinajstić information content (AvgIpc) is 3.35. The van der Waals surface area contributed by atoms with Crippen LogP contribution < -0.4 is 4.90 Å².